The van der Waals surface area contributed by atoms with E-state index in [9.17, 15) is 4.79 Å². The van der Waals surface area contributed by atoms with Crippen LogP contribution in [0.3, 0.4) is 0 Å². The predicted octanol–water partition coefficient (Wildman–Crippen LogP) is 3.46. The third kappa shape index (κ3) is 3.87. The molecule has 0 radical (unpaired) electrons. The van der Waals surface area contributed by atoms with Crippen LogP contribution >= 0.6 is 11.3 Å². The molecule has 0 N–H and O–H groups in total. The Bertz CT molecular complexity index is 1100. The van der Waals surface area contributed by atoms with Crippen molar-refractivity contribution in [1.82, 2.24) is 24.6 Å². The van der Waals surface area contributed by atoms with E-state index in [0.717, 1.165) is 40.3 Å². The molecule has 0 spiro atoms. The molecule has 3 aromatic heterocycles. The SMILES string of the molecule is Cc1nc2ncnn2c(C)c1CCC(=O)OCCCc1nc2ccccc2s1. The normalized spacial score (nSPS) is 11.4. The Kier molecular flexibility index (Phi) is 5.29. The predicted molar refractivity (Wildman–Crippen MR) is 107 cm³/mol. The molecule has 28 heavy (non-hydrogen) atoms. The van der Waals surface area contributed by atoms with Gasteiger partial charge in [0, 0.05) is 24.2 Å². The van der Waals surface area contributed by atoms with Gasteiger partial charge in [0.2, 0.25) is 0 Å². The largest absolute Gasteiger partial charge is 0.466 e. The van der Waals surface area contributed by atoms with Crippen LogP contribution in [0.15, 0.2) is 30.6 Å². The summed E-state index contributed by atoms with van der Waals surface area (Å²) in [6, 6.07) is 8.11. The fourth-order valence-electron chi connectivity index (χ4n) is 3.25. The number of para-hydroxylation sites is 1. The molecule has 0 fully saturated rings. The molecule has 0 atom stereocenters. The maximum Gasteiger partial charge on any atom is 0.306 e. The van der Waals surface area contributed by atoms with Gasteiger partial charge in [0.1, 0.15) is 6.33 Å². The number of thiazole rings is 1. The minimum absolute atomic E-state index is 0.193. The molecule has 7 nitrogen and oxygen atoms in total. The number of hydrogen-bond donors (Lipinski definition) is 0. The van der Waals surface area contributed by atoms with Crippen LogP contribution in [0.1, 0.15) is 34.8 Å². The third-order valence-corrected chi connectivity index (χ3v) is 5.80. The van der Waals surface area contributed by atoms with Gasteiger partial charge in [-0.15, -0.1) is 11.3 Å². The number of aryl methyl sites for hydroxylation is 3. The van der Waals surface area contributed by atoms with Crippen molar-refractivity contribution in [2.45, 2.75) is 39.5 Å². The molecule has 4 aromatic rings. The number of carbonyl (C=O) groups excluding carboxylic acids is 1. The minimum Gasteiger partial charge on any atom is -0.466 e. The van der Waals surface area contributed by atoms with Gasteiger partial charge in [0.05, 0.1) is 21.8 Å². The second-order valence-electron chi connectivity index (χ2n) is 6.63. The van der Waals surface area contributed by atoms with Gasteiger partial charge in [-0.25, -0.2) is 14.5 Å². The zero-order chi connectivity index (χ0) is 19.5. The Hall–Kier alpha value is -2.87. The van der Waals surface area contributed by atoms with Crippen LogP contribution in [0.5, 0.6) is 0 Å². The van der Waals surface area contributed by atoms with Crippen molar-refractivity contribution < 1.29 is 9.53 Å². The van der Waals surface area contributed by atoms with E-state index >= 15 is 0 Å². The van der Waals surface area contributed by atoms with Gasteiger partial charge in [-0.2, -0.15) is 10.1 Å². The van der Waals surface area contributed by atoms with Crippen LogP contribution in [0.25, 0.3) is 16.0 Å². The van der Waals surface area contributed by atoms with Crippen molar-refractivity contribution in [3.63, 3.8) is 0 Å². The van der Waals surface area contributed by atoms with Crippen LogP contribution < -0.4 is 0 Å². The van der Waals surface area contributed by atoms with Crippen LogP contribution in [-0.2, 0) is 22.4 Å². The first kappa shape index (κ1) is 18.5. The smallest absolute Gasteiger partial charge is 0.306 e. The maximum absolute atomic E-state index is 12.1. The molecule has 0 aliphatic carbocycles. The number of fused-ring (bicyclic) bond motifs is 2. The number of nitrogens with zero attached hydrogens (tertiary/aromatic N) is 5. The second kappa shape index (κ2) is 8.02. The summed E-state index contributed by atoms with van der Waals surface area (Å²) < 4.78 is 8.29. The van der Waals surface area contributed by atoms with Gasteiger partial charge in [-0.05, 0) is 44.4 Å². The fourth-order valence-corrected chi connectivity index (χ4v) is 4.26. The molecule has 0 aliphatic rings. The van der Waals surface area contributed by atoms with E-state index in [2.05, 4.69) is 26.1 Å². The lowest BCUT2D eigenvalue weighted by molar-refractivity contribution is -0.143. The van der Waals surface area contributed by atoms with E-state index in [1.165, 1.54) is 11.0 Å². The van der Waals surface area contributed by atoms with E-state index in [4.69, 9.17) is 4.74 Å². The highest BCUT2D eigenvalue weighted by Gasteiger charge is 2.13. The molecule has 0 saturated carbocycles. The molecule has 8 heteroatoms. The Morgan fingerprint density at radius 1 is 1.18 bits per heavy atom. The van der Waals surface area contributed by atoms with E-state index < -0.39 is 0 Å². The Morgan fingerprint density at radius 2 is 2.04 bits per heavy atom. The maximum atomic E-state index is 12.1. The highest BCUT2D eigenvalue weighted by molar-refractivity contribution is 7.18. The lowest BCUT2D eigenvalue weighted by Crippen LogP contribution is -2.11. The number of esters is 1. The summed E-state index contributed by atoms with van der Waals surface area (Å²) in [4.78, 5) is 25.3. The van der Waals surface area contributed by atoms with Crippen LogP contribution in [0.4, 0.5) is 0 Å². The molecule has 0 bridgehead atoms. The summed E-state index contributed by atoms with van der Waals surface area (Å²) in [5.41, 5.74) is 3.89. The number of hydrogen-bond acceptors (Lipinski definition) is 7. The lowest BCUT2D eigenvalue weighted by Gasteiger charge is -2.10. The molecular formula is C20H21N5O2S. The zero-order valence-electron chi connectivity index (χ0n) is 15.9. The standard InChI is InChI=1S/C20H21N5O2S/c1-13-15(14(2)25-20(23-13)21-12-22-25)9-10-19(26)27-11-5-8-18-24-16-6-3-4-7-17(16)28-18/h3-4,6-7,12H,5,8-11H2,1-2H3. The average Bonchev–Trinajstić information content (AvgIpc) is 3.31. The number of rotatable bonds is 7. The quantitative estimate of drug-likeness (QED) is 0.352. The summed E-state index contributed by atoms with van der Waals surface area (Å²) in [6.45, 7) is 4.31. The number of aromatic nitrogens is 5. The van der Waals surface area contributed by atoms with Gasteiger partial charge in [-0.1, -0.05) is 12.1 Å². The monoisotopic (exact) mass is 395 g/mol. The van der Waals surface area contributed by atoms with E-state index in [0.29, 0.717) is 25.2 Å². The topological polar surface area (TPSA) is 82.3 Å². The fraction of sp³-hybridized carbons (Fsp3) is 0.350. The zero-order valence-corrected chi connectivity index (χ0v) is 16.7. The molecular weight excluding hydrogens is 374 g/mol. The van der Waals surface area contributed by atoms with Crippen molar-refractivity contribution in [2.24, 2.45) is 0 Å². The first-order chi connectivity index (χ1) is 13.6. The molecule has 1 aromatic carbocycles. The summed E-state index contributed by atoms with van der Waals surface area (Å²) in [7, 11) is 0. The number of benzene rings is 1. The van der Waals surface area contributed by atoms with Crippen molar-refractivity contribution in [3.05, 3.63) is 52.6 Å². The summed E-state index contributed by atoms with van der Waals surface area (Å²) >= 11 is 1.70. The molecule has 0 unspecified atom stereocenters. The Morgan fingerprint density at radius 3 is 2.89 bits per heavy atom. The first-order valence-electron chi connectivity index (χ1n) is 9.27. The summed E-state index contributed by atoms with van der Waals surface area (Å²) in [5, 5.41) is 5.25. The molecule has 4 rings (SSSR count). The van der Waals surface area contributed by atoms with Gasteiger partial charge in [0.15, 0.2) is 0 Å². The third-order valence-electron chi connectivity index (χ3n) is 4.70. The van der Waals surface area contributed by atoms with Crippen LogP contribution in [0.2, 0.25) is 0 Å². The average molecular weight is 395 g/mol. The van der Waals surface area contributed by atoms with E-state index in [-0.39, 0.29) is 5.97 Å². The van der Waals surface area contributed by atoms with Crippen LogP contribution in [0, 0.1) is 13.8 Å². The van der Waals surface area contributed by atoms with Crippen molar-refractivity contribution in [1.29, 1.82) is 0 Å². The van der Waals surface area contributed by atoms with Gasteiger partial charge < -0.3 is 4.74 Å². The van der Waals surface area contributed by atoms with Gasteiger partial charge in [-0.3, -0.25) is 4.79 Å². The Labute approximate surface area is 166 Å². The molecule has 0 saturated heterocycles. The second-order valence-corrected chi connectivity index (χ2v) is 7.75. The molecule has 0 amide bonds. The van der Waals surface area contributed by atoms with E-state index in [1.807, 2.05) is 32.0 Å². The van der Waals surface area contributed by atoms with Gasteiger partial charge in [0.25, 0.3) is 5.78 Å². The highest BCUT2D eigenvalue weighted by Crippen LogP contribution is 2.22. The number of ether oxygens (including phenoxy) is 1. The van der Waals surface area contributed by atoms with E-state index in [1.54, 1.807) is 15.9 Å². The molecule has 144 valence electrons. The van der Waals surface area contributed by atoms with Crippen molar-refractivity contribution in [2.75, 3.05) is 6.61 Å². The van der Waals surface area contributed by atoms with Crippen LogP contribution in [-0.4, -0.2) is 37.1 Å². The lowest BCUT2D eigenvalue weighted by atomic mass is 10.1. The first-order valence-corrected chi connectivity index (χ1v) is 10.1. The minimum atomic E-state index is -0.193. The van der Waals surface area contributed by atoms with Crippen molar-refractivity contribution >= 4 is 33.3 Å². The van der Waals surface area contributed by atoms with Crippen molar-refractivity contribution in [3.8, 4) is 0 Å². The summed E-state index contributed by atoms with van der Waals surface area (Å²) in [5.74, 6) is 0.387. The highest BCUT2D eigenvalue weighted by atomic mass is 32.1. The molecule has 0 aliphatic heterocycles. The molecule has 3 heterocycles. The summed E-state index contributed by atoms with van der Waals surface area (Å²) in [6.07, 6.45) is 3.98. The number of carbonyl (C=O) groups is 1. The Balaban J connectivity index is 1.26. The van der Waals surface area contributed by atoms with Gasteiger partial charge >= 0.3 is 5.97 Å².